The smallest absolute Gasteiger partial charge is 0.422 e. The van der Waals surface area contributed by atoms with Crippen molar-refractivity contribution in [2.45, 2.75) is 45.3 Å². The van der Waals surface area contributed by atoms with Gasteiger partial charge in [0.15, 0.2) is 9.84 Å². The lowest BCUT2D eigenvalue weighted by Gasteiger charge is -2.35. The van der Waals surface area contributed by atoms with Gasteiger partial charge in [-0.2, -0.15) is 0 Å². The van der Waals surface area contributed by atoms with Crippen LogP contribution in [0.25, 0.3) is 11.0 Å². The summed E-state index contributed by atoms with van der Waals surface area (Å²) in [6.07, 6.45) is 5.45. The van der Waals surface area contributed by atoms with E-state index in [4.69, 9.17) is 4.74 Å². The summed E-state index contributed by atoms with van der Waals surface area (Å²) in [5.41, 5.74) is 6.88. The lowest BCUT2D eigenvalue weighted by molar-refractivity contribution is -0.113. The molecule has 0 radical (unpaired) electrons. The Bertz CT molecular complexity index is 1140. The van der Waals surface area contributed by atoms with Crippen molar-refractivity contribution in [1.82, 2.24) is 20.8 Å². The second-order valence-electron chi connectivity index (χ2n) is 9.06. The largest absolute Gasteiger partial charge is 0.443 e. The highest BCUT2D eigenvalue weighted by molar-refractivity contribution is 9.10. The maximum Gasteiger partial charge on any atom is 0.422 e. The lowest BCUT2D eigenvalue weighted by atomic mass is 10.0. The van der Waals surface area contributed by atoms with Crippen LogP contribution in [0, 0.1) is 0 Å². The molecule has 1 fully saturated rings. The van der Waals surface area contributed by atoms with Crippen molar-refractivity contribution in [3.63, 3.8) is 0 Å². The van der Waals surface area contributed by atoms with Gasteiger partial charge in [-0.3, -0.25) is 10.2 Å². The van der Waals surface area contributed by atoms with Crippen LogP contribution < -0.4 is 21.1 Å². The van der Waals surface area contributed by atoms with Crippen LogP contribution in [-0.2, 0) is 19.4 Å². The van der Waals surface area contributed by atoms with Gasteiger partial charge in [-0.1, -0.05) is 0 Å². The Hall–Kier alpha value is -2.38. The van der Waals surface area contributed by atoms with Gasteiger partial charge in [0.25, 0.3) is 0 Å². The summed E-state index contributed by atoms with van der Waals surface area (Å²) >= 11 is 3.57. The normalized spacial score (nSPS) is 17.1. The molecule has 182 valence electrons. The number of aromatic amines is 1. The number of carbonyl (C=O) groups excluding carboxylic acids is 2. The number of hydrazine groups is 1. The number of carbonyl (C=O) groups is 2. The van der Waals surface area contributed by atoms with E-state index in [2.05, 4.69) is 47.0 Å². The summed E-state index contributed by atoms with van der Waals surface area (Å²) in [6, 6.07) is -0.0383. The van der Waals surface area contributed by atoms with Crippen molar-refractivity contribution >= 4 is 60.2 Å². The molecule has 0 unspecified atom stereocenters. The van der Waals surface area contributed by atoms with Gasteiger partial charge in [0.2, 0.25) is 5.91 Å². The summed E-state index contributed by atoms with van der Waals surface area (Å²) in [7, 11) is -3.46. The third kappa shape index (κ3) is 7.05. The molecule has 3 rings (SSSR count). The maximum absolute atomic E-state index is 12.2. The van der Waals surface area contributed by atoms with Crippen LogP contribution >= 0.6 is 15.9 Å². The molecule has 0 spiro atoms. The van der Waals surface area contributed by atoms with Gasteiger partial charge < -0.3 is 19.9 Å². The number of aromatic nitrogens is 2. The average molecular weight is 545 g/mol. The summed E-state index contributed by atoms with van der Waals surface area (Å²) in [6.45, 7) is 6.72. The quantitative estimate of drug-likeness (QED) is 0.405. The van der Waals surface area contributed by atoms with Crippen LogP contribution in [0.1, 0.15) is 33.6 Å². The molecule has 2 amide bonds. The van der Waals surface area contributed by atoms with Gasteiger partial charge >= 0.3 is 6.09 Å². The zero-order valence-electron chi connectivity index (χ0n) is 19.0. The third-order valence-electron chi connectivity index (χ3n) is 4.81. The number of nitrogens with zero attached hydrogens (tertiary/aromatic N) is 2. The first-order valence-corrected chi connectivity index (χ1v) is 13.3. The monoisotopic (exact) mass is 544 g/mol. The number of rotatable bonds is 6. The molecule has 0 aromatic carbocycles. The van der Waals surface area contributed by atoms with E-state index in [1.165, 1.54) is 0 Å². The lowest BCUT2D eigenvalue weighted by Crippen LogP contribution is -2.53. The predicted octanol–water partition coefficient (Wildman–Crippen LogP) is 2.31. The minimum atomic E-state index is -3.46. The van der Waals surface area contributed by atoms with E-state index in [1.54, 1.807) is 33.2 Å². The molecular formula is C20H29BrN6O5S. The van der Waals surface area contributed by atoms with Gasteiger partial charge in [0.1, 0.15) is 17.0 Å². The molecular weight excluding hydrogens is 516 g/mol. The molecule has 1 aliphatic rings. The van der Waals surface area contributed by atoms with E-state index in [1.807, 2.05) is 0 Å². The number of pyridine rings is 1. The number of anilines is 2. The van der Waals surface area contributed by atoms with E-state index < -0.39 is 33.2 Å². The molecule has 2 aromatic rings. The van der Waals surface area contributed by atoms with Crippen molar-refractivity contribution in [3.05, 3.63) is 16.9 Å². The number of halogens is 1. The number of piperidine rings is 1. The van der Waals surface area contributed by atoms with Crippen molar-refractivity contribution in [3.8, 4) is 0 Å². The summed E-state index contributed by atoms with van der Waals surface area (Å²) in [4.78, 5) is 33.7. The molecule has 0 bridgehead atoms. The van der Waals surface area contributed by atoms with E-state index in [0.717, 1.165) is 35.8 Å². The highest BCUT2D eigenvalue weighted by Gasteiger charge is 2.26. The molecule has 0 aliphatic carbocycles. The molecule has 13 heteroatoms. The Morgan fingerprint density at radius 1 is 1.36 bits per heavy atom. The topological polar surface area (TPSA) is 146 Å². The molecule has 3 heterocycles. The zero-order valence-corrected chi connectivity index (χ0v) is 21.4. The predicted molar refractivity (Wildman–Crippen MR) is 130 cm³/mol. The number of fused-ring (bicyclic) bond motifs is 1. The van der Waals surface area contributed by atoms with Crippen LogP contribution in [0.3, 0.4) is 0 Å². The van der Waals surface area contributed by atoms with Crippen LogP contribution in [0.15, 0.2) is 16.9 Å². The first kappa shape index (κ1) is 25.2. The number of sulfone groups is 1. The minimum absolute atomic E-state index is 0.0383. The van der Waals surface area contributed by atoms with Gasteiger partial charge in [-0.15, -0.1) is 0 Å². The molecule has 33 heavy (non-hydrogen) atoms. The fourth-order valence-corrected chi connectivity index (χ4v) is 4.75. The van der Waals surface area contributed by atoms with Crippen molar-refractivity contribution in [2.75, 3.05) is 35.3 Å². The molecule has 11 nitrogen and oxygen atoms in total. The fourth-order valence-electron chi connectivity index (χ4n) is 3.65. The highest BCUT2D eigenvalue weighted by Crippen LogP contribution is 2.38. The minimum Gasteiger partial charge on any atom is -0.443 e. The Kier molecular flexibility index (Phi) is 7.54. The number of hydrogen-bond donors (Lipinski definition) is 4. The first-order valence-electron chi connectivity index (χ1n) is 10.4. The van der Waals surface area contributed by atoms with Crippen LogP contribution in [-0.4, -0.2) is 67.1 Å². The van der Waals surface area contributed by atoms with Crippen LogP contribution in [0.5, 0.6) is 0 Å². The van der Waals surface area contributed by atoms with Gasteiger partial charge in [0, 0.05) is 37.8 Å². The molecule has 2 aromatic heterocycles. The zero-order chi connectivity index (χ0) is 24.4. The molecule has 1 atom stereocenters. The third-order valence-corrected chi connectivity index (χ3v) is 6.18. The van der Waals surface area contributed by atoms with Crippen molar-refractivity contribution in [2.24, 2.45) is 0 Å². The number of ether oxygens (including phenoxy) is 1. The van der Waals surface area contributed by atoms with Gasteiger partial charge in [-0.05, 0) is 49.5 Å². The van der Waals surface area contributed by atoms with Crippen molar-refractivity contribution in [1.29, 1.82) is 0 Å². The molecule has 0 saturated carbocycles. The van der Waals surface area contributed by atoms with E-state index >= 15 is 0 Å². The fraction of sp³-hybridized carbons (Fsp3) is 0.550. The Morgan fingerprint density at radius 3 is 2.76 bits per heavy atom. The van der Waals surface area contributed by atoms with Crippen LogP contribution in [0.4, 0.5) is 16.2 Å². The molecule has 4 N–H and O–H groups in total. The number of amides is 2. The first-order chi connectivity index (χ1) is 15.3. The Balaban J connectivity index is 1.79. The van der Waals surface area contributed by atoms with Crippen molar-refractivity contribution < 1.29 is 22.7 Å². The number of hydrogen-bond acceptors (Lipinski definition) is 8. The summed E-state index contributed by atoms with van der Waals surface area (Å²) in [5.74, 6) is -1.23. The maximum atomic E-state index is 12.2. The van der Waals surface area contributed by atoms with E-state index in [-0.39, 0.29) is 6.04 Å². The number of H-pyrrole nitrogens is 1. The average Bonchev–Trinajstić information content (AvgIpc) is 3.06. The second-order valence-corrected chi connectivity index (χ2v) is 12.0. The standard InChI is InChI=1S/C20H29BrN6O5S/c1-20(2,3)32-19(29)26-25-12-6-5-7-27(10-12)17-13(21)8-22-18-16(17)14(9-23-18)24-15(28)11-33(4,30)31/h8-9,12,25H,5-7,10-11H2,1-4H3,(H,22,23)(H,24,28)(H,26,29)/t12-/m1/s1. The van der Waals surface area contributed by atoms with Crippen LogP contribution in [0.2, 0.25) is 0 Å². The van der Waals surface area contributed by atoms with E-state index in [0.29, 0.717) is 23.3 Å². The second kappa shape index (κ2) is 9.85. The van der Waals surface area contributed by atoms with E-state index in [9.17, 15) is 18.0 Å². The number of nitrogens with one attached hydrogen (secondary N) is 4. The van der Waals surface area contributed by atoms with Gasteiger partial charge in [0.05, 0.1) is 21.2 Å². The molecule has 1 saturated heterocycles. The Labute approximate surface area is 201 Å². The SMILES string of the molecule is CC(C)(C)OC(=O)NN[C@@H]1CCCN(c2c(Br)cnc3[nH]cc(NC(=O)CS(C)(=O)=O)c23)C1. The molecule has 1 aliphatic heterocycles. The Morgan fingerprint density at radius 2 is 2.09 bits per heavy atom. The summed E-state index contributed by atoms with van der Waals surface area (Å²) in [5, 5.41) is 3.35. The highest BCUT2D eigenvalue weighted by atomic mass is 79.9. The van der Waals surface area contributed by atoms with Gasteiger partial charge in [-0.25, -0.2) is 23.6 Å². The summed E-state index contributed by atoms with van der Waals surface area (Å²) < 4.78 is 29.0.